The van der Waals surface area contributed by atoms with Gasteiger partial charge in [-0.1, -0.05) is 44.2 Å². The van der Waals surface area contributed by atoms with Crippen LogP contribution >= 0.6 is 0 Å². The van der Waals surface area contributed by atoms with Gasteiger partial charge in [0, 0.05) is 32.7 Å². The van der Waals surface area contributed by atoms with Crippen molar-refractivity contribution >= 4 is 5.96 Å². The highest BCUT2D eigenvalue weighted by Gasteiger charge is 2.30. The first-order chi connectivity index (χ1) is 15.6. The van der Waals surface area contributed by atoms with E-state index in [1.165, 1.54) is 24.9 Å². The zero-order chi connectivity index (χ0) is 22.5. The fourth-order valence-electron chi connectivity index (χ4n) is 5.29. The fraction of sp³-hybridized carbons (Fsp3) is 0.640. The van der Waals surface area contributed by atoms with Crippen molar-refractivity contribution < 1.29 is 0 Å². The maximum absolute atomic E-state index is 5.03. The molecule has 2 aliphatic heterocycles. The Bertz CT molecular complexity index is 891. The van der Waals surface area contributed by atoms with E-state index in [2.05, 4.69) is 69.5 Å². The van der Waals surface area contributed by atoms with E-state index < -0.39 is 0 Å². The average molecular weight is 438 g/mol. The number of nitrogens with zero attached hydrogens (tertiary/aromatic N) is 6. The summed E-state index contributed by atoms with van der Waals surface area (Å²) in [6.45, 7) is 12.5. The standard InChI is InChI=1S/C25H39N7/c1-5-31-14-9-12-22(31)16-26-25(27-17-24-29-28-20(3)30(24)4)32-15-13-23(19(2)18-32)21-10-7-6-8-11-21/h6-8,10-11,19,22-23H,5,9,12-18H2,1-4H3,(H,26,27). The second-order valence-corrected chi connectivity index (χ2v) is 9.40. The van der Waals surface area contributed by atoms with Gasteiger partial charge in [-0.05, 0) is 56.7 Å². The molecule has 32 heavy (non-hydrogen) atoms. The highest BCUT2D eigenvalue weighted by molar-refractivity contribution is 5.80. The lowest BCUT2D eigenvalue weighted by Gasteiger charge is -2.39. The van der Waals surface area contributed by atoms with Crippen LogP contribution in [0.3, 0.4) is 0 Å². The molecular weight excluding hydrogens is 398 g/mol. The molecule has 0 bridgehead atoms. The maximum atomic E-state index is 5.03. The molecule has 2 saturated heterocycles. The Morgan fingerprint density at radius 1 is 1.16 bits per heavy atom. The summed E-state index contributed by atoms with van der Waals surface area (Å²) in [5.74, 6) is 4.04. The third kappa shape index (κ3) is 5.14. The van der Waals surface area contributed by atoms with E-state index in [0.29, 0.717) is 24.4 Å². The molecule has 0 aliphatic carbocycles. The monoisotopic (exact) mass is 437 g/mol. The summed E-state index contributed by atoms with van der Waals surface area (Å²) in [7, 11) is 2.01. The van der Waals surface area contributed by atoms with Crippen molar-refractivity contribution in [2.75, 3.05) is 32.7 Å². The largest absolute Gasteiger partial charge is 0.355 e. The van der Waals surface area contributed by atoms with Gasteiger partial charge in [0.15, 0.2) is 11.8 Å². The smallest absolute Gasteiger partial charge is 0.194 e. The van der Waals surface area contributed by atoms with Crippen LogP contribution in [0.4, 0.5) is 0 Å². The number of rotatable bonds is 6. The molecule has 0 saturated carbocycles. The summed E-state index contributed by atoms with van der Waals surface area (Å²) in [4.78, 5) is 10.1. The van der Waals surface area contributed by atoms with Crippen LogP contribution in [0.5, 0.6) is 0 Å². The minimum atomic E-state index is 0.550. The summed E-state index contributed by atoms with van der Waals surface area (Å²) >= 11 is 0. The number of aryl methyl sites for hydroxylation is 1. The summed E-state index contributed by atoms with van der Waals surface area (Å²) in [5, 5.41) is 12.3. The van der Waals surface area contributed by atoms with Gasteiger partial charge < -0.3 is 14.8 Å². The highest BCUT2D eigenvalue weighted by Crippen LogP contribution is 2.32. The third-order valence-electron chi connectivity index (χ3n) is 7.39. The summed E-state index contributed by atoms with van der Waals surface area (Å²) in [6, 6.07) is 11.6. The van der Waals surface area contributed by atoms with Crippen molar-refractivity contribution in [3.8, 4) is 0 Å². The first kappa shape index (κ1) is 22.8. The Hall–Kier alpha value is -2.41. The van der Waals surface area contributed by atoms with E-state index in [0.717, 1.165) is 50.2 Å². The molecule has 0 amide bonds. The first-order valence-electron chi connectivity index (χ1n) is 12.2. The Labute approximate surface area is 192 Å². The van der Waals surface area contributed by atoms with Gasteiger partial charge in [-0.3, -0.25) is 4.90 Å². The molecule has 7 nitrogen and oxygen atoms in total. The second-order valence-electron chi connectivity index (χ2n) is 9.40. The first-order valence-corrected chi connectivity index (χ1v) is 12.2. The lowest BCUT2D eigenvalue weighted by atomic mass is 9.82. The van der Waals surface area contributed by atoms with Crippen LogP contribution in [-0.2, 0) is 13.6 Å². The Kier molecular flexibility index (Phi) is 7.45. The van der Waals surface area contributed by atoms with E-state index in [4.69, 9.17) is 4.99 Å². The maximum Gasteiger partial charge on any atom is 0.194 e. The van der Waals surface area contributed by atoms with Crippen molar-refractivity contribution in [2.24, 2.45) is 18.0 Å². The Morgan fingerprint density at radius 3 is 2.66 bits per heavy atom. The van der Waals surface area contributed by atoms with Crippen molar-refractivity contribution in [2.45, 2.75) is 58.5 Å². The fourth-order valence-corrected chi connectivity index (χ4v) is 5.29. The normalized spacial score (nSPS) is 24.8. The zero-order valence-corrected chi connectivity index (χ0v) is 20.2. The number of guanidine groups is 1. The number of hydrogen-bond donors (Lipinski definition) is 1. The molecule has 0 spiro atoms. The number of nitrogens with one attached hydrogen (secondary N) is 1. The Balaban J connectivity index is 1.47. The van der Waals surface area contributed by atoms with E-state index in [9.17, 15) is 0 Å². The number of benzene rings is 1. The van der Waals surface area contributed by atoms with Gasteiger partial charge in [-0.25, -0.2) is 4.99 Å². The number of aliphatic imine (C=N–C) groups is 1. The lowest BCUT2D eigenvalue weighted by Crippen LogP contribution is -2.50. The number of piperidine rings is 1. The van der Waals surface area contributed by atoms with Gasteiger partial charge in [-0.2, -0.15) is 0 Å². The molecule has 0 radical (unpaired) electrons. The summed E-state index contributed by atoms with van der Waals surface area (Å²) in [6.07, 6.45) is 3.72. The van der Waals surface area contributed by atoms with Crippen LogP contribution in [0.1, 0.15) is 56.2 Å². The molecule has 174 valence electrons. The summed E-state index contributed by atoms with van der Waals surface area (Å²) in [5.41, 5.74) is 1.46. The van der Waals surface area contributed by atoms with E-state index >= 15 is 0 Å². The molecular formula is C25H39N7. The predicted molar refractivity (Wildman–Crippen MR) is 130 cm³/mol. The van der Waals surface area contributed by atoms with Gasteiger partial charge in [0.2, 0.25) is 0 Å². The van der Waals surface area contributed by atoms with Gasteiger partial charge >= 0.3 is 0 Å². The minimum absolute atomic E-state index is 0.550. The van der Waals surface area contributed by atoms with Gasteiger partial charge in [-0.15, -0.1) is 10.2 Å². The topological polar surface area (TPSA) is 61.6 Å². The number of likely N-dealkylation sites (N-methyl/N-ethyl adjacent to an activating group) is 1. The highest BCUT2D eigenvalue weighted by atomic mass is 15.3. The van der Waals surface area contributed by atoms with Crippen molar-refractivity contribution in [1.29, 1.82) is 0 Å². The van der Waals surface area contributed by atoms with Crippen LogP contribution in [-0.4, -0.2) is 69.3 Å². The van der Waals surface area contributed by atoms with Gasteiger partial charge in [0.05, 0.1) is 0 Å². The second kappa shape index (κ2) is 10.5. The SMILES string of the molecule is CCN1CCCC1CNC(=NCc1nnc(C)n1C)N1CCC(c2ccccc2)C(C)C1. The van der Waals surface area contributed by atoms with Crippen LogP contribution in [0.25, 0.3) is 0 Å². The molecule has 3 unspecified atom stereocenters. The van der Waals surface area contributed by atoms with Crippen molar-refractivity contribution in [3.63, 3.8) is 0 Å². The molecule has 1 aromatic carbocycles. The van der Waals surface area contributed by atoms with E-state index in [1.807, 2.05) is 18.5 Å². The van der Waals surface area contributed by atoms with Crippen molar-refractivity contribution in [3.05, 3.63) is 47.5 Å². The molecule has 1 aromatic heterocycles. The zero-order valence-electron chi connectivity index (χ0n) is 20.2. The van der Waals surface area contributed by atoms with Crippen LogP contribution in [0.2, 0.25) is 0 Å². The van der Waals surface area contributed by atoms with E-state index in [1.54, 1.807) is 0 Å². The van der Waals surface area contributed by atoms with E-state index in [-0.39, 0.29) is 0 Å². The predicted octanol–water partition coefficient (Wildman–Crippen LogP) is 3.18. The quantitative estimate of drug-likeness (QED) is 0.556. The molecule has 1 N–H and O–H groups in total. The average Bonchev–Trinajstić information content (AvgIpc) is 3.40. The molecule has 7 heteroatoms. The van der Waals surface area contributed by atoms with Crippen molar-refractivity contribution in [1.82, 2.24) is 29.9 Å². The molecule has 4 rings (SSSR count). The molecule has 2 fully saturated rings. The number of likely N-dealkylation sites (tertiary alicyclic amines) is 2. The molecule has 3 heterocycles. The van der Waals surface area contributed by atoms with Gasteiger partial charge in [0.25, 0.3) is 0 Å². The number of aromatic nitrogens is 3. The van der Waals surface area contributed by atoms with Crippen LogP contribution in [0, 0.1) is 12.8 Å². The lowest BCUT2D eigenvalue weighted by molar-refractivity contribution is 0.228. The van der Waals surface area contributed by atoms with Crippen LogP contribution in [0.15, 0.2) is 35.3 Å². The third-order valence-corrected chi connectivity index (χ3v) is 7.39. The molecule has 2 aliphatic rings. The van der Waals surface area contributed by atoms with Gasteiger partial charge in [0.1, 0.15) is 12.4 Å². The Morgan fingerprint density at radius 2 is 1.97 bits per heavy atom. The van der Waals surface area contributed by atoms with Crippen LogP contribution < -0.4 is 5.32 Å². The molecule has 3 atom stereocenters. The summed E-state index contributed by atoms with van der Waals surface area (Å²) < 4.78 is 2.03. The molecule has 2 aromatic rings. The minimum Gasteiger partial charge on any atom is -0.355 e. The number of hydrogen-bond acceptors (Lipinski definition) is 4.